The van der Waals surface area contributed by atoms with Gasteiger partial charge in [0.1, 0.15) is 0 Å². The number of halogens is 1. The Labute approximate surface area is 115 Å². The van der Waals surface area contributed by atoms with Crippen molar-refractivity contribution in [3.05, 3.63) is 29.0 Å². The number of aromatic nitrogens is 1. The van der Waals surface area contributed by atoms with E-state index in [1.54, 1.807) is 0 Å². The van der Waals surface area contributed by atoms with Crippen LogP contribution in [0.25, 0.3) is 0 Å². The number of pyridine rings is 1. The van der Waals surface area contributed by atoms with Gasteiger partial charge in [-0.3, -0.25) is 4.98 Å². The second-order valence-corrected chi connectivity index (χ2v) is 5.66. The molecule has 1 N–H and O–H groups in total. The topological polar surface area (TPSA) is 24.9 Å². The lowest BCUT2D eigenvalue weighted by Gasteiger charge is -2.36. The monoisotopic (exact) mass is 266 g/mol. The molecule has 3 unspecified atom stereocenters. The van der Waals surface area contributed by atoms with E-state index in [-0.39, 0.29) is 0 Å². The largest absolute Gasteiger partial charge is 0.311 e. The first kappa shape index (κ1) is 13.8. The molecular weight excluding hydrogens is 244 g/mol. The Kier molecular flexibility index (Phi) is 5.02. The Morgan fingerprint density at radius 2 is 2.22 bits per heavy atom. The molecule has 1 heterocycles. The van der Waals surface area contributed by atoms with Crippen LogP contribution in [0.5, 0.6) is 0 Å². The molecule has 3 atom stereocenters. The second-order valence-electron chi connectivity index (χ2n) is 5.25. The Morgan fingerprint density at radius 1 is 1.44 bits per heavy atom. The fourth-order valence-corrected chi connectivity index (χ4v) is 3.60. The first-order chi connectivity index (χ1) is 8.77. The fraction of sp³-hybridized carbons (Fsp3) is 0.667. The third kappa shape index (κ3) is 2.86. The Balaban J connectivity index is 2.24. The molecule has 3 heteroatoms. The summed E-state index contributed by atoms with van der Waals surface area (Å²) < 4.78 is 0. The second kappa shape index (κ2) is 6.53. The SMILES string of the molecule is CCC1CCCCC1C(NC)c1ncccc1Cl. The summed E-state index contributed by atoms with van der Waals surface area (Å²) in [5, 5.41) is 4.24. The predicted molar refractivity (Wildman–Crippen MR) is 76.8 cm³/mol. The molecule has 0 aliphatic heterocycles. The summed E-state index contributed by atoms with van der Waals surface area (Å²) >= 11 is 6.31. The first-order valence-electron chi connectivity index (χ1n) is 7.05. The average molecular weight is 267 g/mol. The zero-order chi connectivity index (χ0) is 13.0. The summed E-state index contributed by atoms with van der Waals surface area (Å²) in [6, 6.07) is 4.14. The summed E-state index contributed by atoms with van der Waals surface area (Å²) in [4.78, 5) is 4.50. The fourth-order valence-electron chi connectivity index (χ4n) is 3.36. The number of nitrogens with one attached hydrogen (secondary N) is 1. The van der Waals surface area contributed by atoms with Gasteiger partial charge in [0.15, 0.2) is 0 Å². The lowest BCUT2D eigenvalue weighted by Crippen LogP contribution is -2.33. The van der Waals surface area contributed by atoms with Gasteiger partial charge in [-0.1, -0.05) is 44.2 Å². The van der Waals surface area contributed by atoms with Crippen molar-refractivity contribution in [2.24, 2.45) is 11.8 Å². The number of hydrogen-bond acceptors (Lipinski definition) is 2. The maximum atomic E-state index is 6.31. The van der Waals surface area contributed by atoms with Crippen LogP contribution in [0.4, 0.5) is 0 Å². The van der Waals surface area contributed by atoms with Crippen LogP contribution in [0.3, 0.4) is 0 Å². The number of nitrogens with zero attached hydrogens (tertiary/aromatic N) is 1. The predicted octanol–water partition coefficient (Wildman–Crippen LogP) is 4.21. The Hall–Kier alpha value is -0.600. The van der Waals surface area contributed by atoms with Crippen LogP contribution < -0.4 is 5.32 Å². The maximum Gasteiger partial charge on any atom is 0.0761 e. The maximum absolute atomic E-state index is 6.31. The van der Waals surface area contributed by atoms with Crippen molar-refractivity contribution in [1.29, 1.82) is 0 Å². The van der Waals surface area contributed by atoms with Gasteiger partial charge in [0.25, 0.3) is 0 Å². The van der Waals surface area contributed by atoms with Crippen LogP contribution in [-0.4, -0.2) is 12.0 Å². The number of hydrogen-bond donors (Lipinski definition) is 1. The Bertz CT molecular complexity index is 381. The molecule has 0 radical (unpaired) electrons. The normalized spacial score (nSPS) is 25.9. The van der Waals surface area contributed by atoms with E-state index in [0.29, 0.717) is 12.0 Å². The third-order valence-corrected chi connectivity index (χ3v) is 4.63. The van der Waals surface area contributed by atoms with E-state index in [0.717, 1.165) is 16.6 Å². The van der Waals surface area contributed by atoms with E-state index < -0.39 is 0 Å². The molecule has 1 aliphatic rings. The molecule has 1 saturated carbocycles. The molecule has 100 valence electrons. The van der Waals surface area contributed by atoms with Crippen LogP contribution in [-0.2, 0) is 0 Å². The minimum Gasteiger partial charge on any atom is -0.311 e. The zero-order valence-corrected chi connectivity index (χ0v) is 12.1. The molecular formula is C15H23ClN2. The van der Waals surface area contributed by atoms with E-state index in [1.807, 2.05) is 25.4 Å². The van der Waals surface area contributed by atoms with Gasteiger partial charge >= 0.3 is 0 Å². The van der Waals surface area contributed by atoms with E-state index >= 15 is 0 Å². The summed E-state index contributed by atoms with van der Waals surface area (Å²) in [6.07, 6.45) is 8.45. The molecule has 1 aromatic heterocycles. The highest BCUT2D eigenvalue weighted by Gasteiger charge is 2.32. The van der Waals surface area contributed by atoms with Crippen LogP contribution in [0.2, 0.25) is 5.02 Å². The van der Waals surface area contributed by atoms with Crippen LogP contribution in [0, 0.1) is 11.8 Å². The average Bonchev–Trinajstić information content (AvgIpc) is 2.42. The van der Waals surface area contributed by atoms with E-state index in [2.05, 4.69) is 17.2 Å². The van der Waals surface area contributed by atoms with Gasteiger partial charge < -0.3 is 5.32 Å². The van der Waals surface area contributed by atoms with Crippen molar-refractivity contribution in [3.63, 3.8) is 0 Å². The van der Waals surface area contributed by atoms with Crippen molar-refractivity contribution < 1.29 is 0 Å². The van der Waals surface area contributed by atoms with Crippen LogP contribution in [0.15, 0.2) is 18.3 Å². The lowest BCUT2D eigenvalue weighted by atomic mass is 9.73. The van der Waals surface area contributed by atoms with Crippen molar-refractivity contribution >= 4 is 11.6 Å². The molecule has 18 heavy (non-hydrogen) atoms. The minimum atomic E-state index is 0.295. The summed E-state index contributed by atoms with van der Waals surface area (Å²) in [5.74, 6) is 1.47. The smallest absolute Gasteiger partial charge is 0.0761 e. The van der Waals surface area contributed by atoms with E-state index in [9.17, 15) is 0 Å². The zero-order valence-electron chi connectivity index (χ0n) is 11.3. The van der Waals surface area contributed by atoms with Gasteiger partial charge in [-0.2, -0.15) is 0 Å². The van der Waals surface area contributed by atoms with Crippen molar-refractivity contribution in [3.8, 4) is 0 Å². The van der Waals surface area contributed by atoms with E-state index in [1.165, 1.54) is 32.1 Å². The van der Waals surface area contributed by atoms with Crippen LogP contribution in [0.1, 0.15) is 50.8 Å². The van der Waals surface area contributed by atoms with Gasteiger partial charge in [0.05, 0.1) is 16.8 Å². The molecule has 0 aromatic carbocycles. The number of rotatable bonds is 4. The molecule has 1 aromatic rings. The molecule has 2 rings (SSSR count). The molecule has 0 amide bonds. The van der Waals surface area contributed by atoms with Gasteiger partial charge in [0.2, 0.25) is 0 Å². The highest BCUT2D eigenvalue weighted by molar-refractivity contribution is 6.31. The Morgan fingerprint density at radius 3 is 2.89 bits per heavy atom. The van der Waals surface area contributed by atoms with Gasteiger partial charge in [0, 0.05) is 6.20 Å². The lowest BCUT2D eigenvalue weighted by molar-refractivity contribution is 0.178. The van der Waals surface area contributed by atoms with Gasteiger partial charge in [-0.15, -0.1) is 0 Å². The molecule has 0 spiro atoms. The highest BCUT2D eigenvalue weighted by Crippen LogP contribution is 2.40. The first-order valence-corrected chi connectivity index (χ1v) is 7.43. The molecule has 0 saturated heterocycles. The van der Waals surface area contributed by atoms with Gasteiger partial charge in [-0.25, -0.2) is 0 Å². The highest BCUT2D eigenvalue weighted by atomic mass is 35.5. The molecule has 1 aliphatic carbocycles. The standard InChI is InChI=1S/C15H23ClN2/c1-3-11-7-4-5-8-12(11)14(17-2)15-13(16)9-6-10-18-15/h6,9-12,14,17H,3-5,7-8H2,1-2H3. The minimum absolute atomic E-state index is 0.295. The molecule has 0 bridgehead atoms. The van der Waals surface area contributed by atoms with E-state index in [4.69, 9.17) is 11.6 Å². The van der Waals surface area contributed by atoms with Crippen molar-refractivity contribution in [2.45, 2.75) is 45.1 Å². The molecule has 1 fully saturated rings. The third-order valence-electron chi connectivity index (χ3n) is 4.31. The van der Waals surface area contributed by atoms with Crippen LogP contribution >= 0.6 is 11.6 Å². The summed E-state index contributed by atoms with van der Waals surface area (Å²) in [6.45, 7) is 2.30. The summed E-state index contributed by atoms with van der Waals surface area (Å²) in [5.41, 5.74) is 1.02. The van der Waals surface area contributed by atoms with Gasteiger partial charge in [-0.05, 0) is 37.4 Å². The molecule has 2 nitrogen and oxygen atoms in total. The van der Waals surface area contributed by atoms with Crippen molar-refractivity contribution in [1.82, 2.24) is 10.3 Å². The summed E-state index contributed by atoms with van der Waals surface area (Å²) in [7, 11) is 2.02. The van der Waals surface area contributed by atoms with Crippen molar-refractivity contribution in [2.75, 3.05) is 7.05 Å². The quantitative estimate of drug-likeness (QED) is 0.883.